The molecule has 0 saturated carbocycles. The molecule has 3 nitrogen and oxygen atoms in total. The van der Waals surface area contributed by atoms with Gasteiger partial charge in [0, 0.05) is 26.2 Å². The predicted molar refractivity (Wildman–Crippen MR) is 86.2 cm³/mol. The number of ether oxygens (including phenoxy) is 1. The van der Waals surface area contributed by atoms with Gasteiger partial charge in [0.1, 0.15) is 0 Å². The van der Waals surface area contributed by atoms with Crippen LogP contribution in [0.1, 0.15) is 25.8 Å². The van der Waals surface area contributed by atoms with E-state index < -0.39 is 0 Å². The Hall–Kier alpha value is -0.900. The molecule has 3 heteroatoms. The zero-order valence-electron chi connectivity index (χ0n) is 13.3. The first-order valence-corrected chi connectivity index (χ1v) is 7.73. The average Bonchev–Trinajstić information content (AvgIpc) is 2.45. The minimum absolute atomic E-state index is 0.346. The Morgan fingerprint density at radius 3 is 2.55 bits per heavy atom. The predicted octanol–water partition coefficient (Wildman–Crippen LogP) is 2.57. The quantitative estimate of drug-likeness (QED) is 0.630. The topological polar surface area (TPSA) is 24.5 Å². The molecule has 0 radical (unpaired) electrons. The molecular formula is C17H30N2O. The van der Waals surface area contributed by atoms with Crippen LogP contribution in [-0.2, 0) is 11.2 Å². The summed E-state index contributed by atoms with van der Waals surface area (Å²) in [5.74, 6) is 0. The van der Waals surface area contributed by atoms with E-state index in [1.807, 2.05) is 0 Å². The number of benzene rings is 1. The summed E-state index contributed by atoms with van der Waals surface area (Å²) in [7, 11) is 2.19. The van der Waals surface area contributed by atoms with Crippen LogP contribution in [0.15, 0.2) is 30.3 Å². The Morgan fingerprint density at radius 2 is 1.85 bits per heavy atom. The third-order valence-corrected chi connectivity index (χ3v) is 3.24. The molecule has 0 aliphatic heterocycles. The summed E-state index contributed by atoms with van der Waals surface area (Å²) in [6, 6.07) is 10.7. The third kappa shape index (κ3) is 9.08. The molecule has 0 aliphatic carbocycles. The van der Waals surface area contributed by atoms with Gasteiger partial charge in [-0.05, 0) is 45.8 Å². The van der Waals surface area contributed by atoms with Crippen molar-refractivity contribution in [1.82, 2.24) is 10.2 Å². The van der Waals surface area contributed by atoms with E-state index in [0.717, 1.165) is 45.6 Å². The van der Waals surface area contributed by atoms with Crippen molar-refractivity contribution in [3.63, 3.8) is 0 Å². The monoisotopic (exact) mass is 278 g/mol. The Labute approximate surface area is 124 Å². The summed E-state index contributed by atoms with van der Waals surface area (Å²) in [4.78, 5) is 2.38. The lowest BCUT2D eigenvalue weighted by Gasteiger charge is -2.17. The third-order valence-electron chi connectivity index (χ3n) is 3.24. The van der Waals surface area contributed by atoms with Crippen molar-refractivity contribution in [3.05, 3.63) is 35.9 Å². The molecule has 1 N–H and O–H groups in total. The molecule has 0 aromatic heterocycles. The van der Waals surface area contributed by atoms with E-state index >= 15 is 0 Å². The number of likely N-dealkylation sites (N-methyl/N-ethyl adjacent to an activating group) is 1. The standard InChI is InChI=1S/C17H30N2O/c1-16(2)20-15-7-11-18-12-14-19(3)13-10-17-8-5-4-6-9-17/h4-6,8-9,16,18H,7,10-15H2,1-3H3. The van der Waals surface area contributed by atoms with E-state index in [1.54, 1.807) is 0 Å². The molecule has 1 aromatic carbocycles. The highest BCUT2D eigenvalue weighted by Crippen LogP contribution is 2.00. The molecule has 0 heterocycles. The lowest BCUT2D eigenvalue weighted by atomic mass is 10.1. The molecule has 114 valence electrons. The maximum Gasteiger partial charge on any atom is 0.0518 e. The van der Waals surface area contributed by atoms with Crippen LogP contribution in [0.2, 0.25) is 0 Å². The Balaban J connectivity index is 1.94. The minimum atomic E-state index is 0.346. The van der Waals surface area contributed by atoms with Crippen LogP contribution in [0.3, 0.4) is 0 Å². The Bertz CT molecular complexity index is 327. The van der Waals surface area contributed by atoms with Crippen LogP contribution in [0, 0.1) is 0 Å². The van der Waals surface area contributed by atoms with Crippen molar-refractivity contribution in [2.75, 3.05) is 39.8 Å². The summed E-state index contributed by atoms with van der Waals surface area (Å²) < 4.78 is 5.51. The van der Waals surface area contributed by atoms with Gasteiger partial charge in [-0.3, -0.25) is 0 Å². The molecule has 0 spiro atoms. The molecule has 0 saturated heterocycles. The number of hydrogen-bond donors (Lipinski definition) is 1. The van der Waals surface area contributed by atoms with Gasteiger partial charge in [0.2, 0.25) is 0 Å². The Morgan fingerprint density at radius 1 is 1.10 bits per heavy atom. The summed E-state index contributed by atoms with van der Waals surface area (Å²) in [5.41, 5.74) is 1.41. The second-order valence-corrected chi connectivity index (χ2v) is 5.56. The number of nitrogens with one attached hydrogen (secondary N) is 1. The molecule has 0 atom stereocenters. The molecule has 1 rings (SSSR count). The van der Waals surface area contributed by atoms with Crippen LogP contribution in [0.4, 0.5) is 0 Å². The lowest BCUT2D eigenvalue weighted by Crippen LogP contribution is -2.31. The lowest BCUT2D eigenvalue weighted by molar-refractivity contribution is 0.0770. The SMILES string of the molecule is CC(C)OCCCNCCN(C)CCc1ccccc1. The minimum Gasteiger partial charge on any atom is -0.379 e. The van der Waals surface area contributed by atoms with Gasteiger partial charge in [-0.25, -0.2) is 0 Å². The van der Waals surface area contributed by atoms with Gasteiger partial charge < -0.3 is 15.0 Å². The van der Waals surface area contributed by atoms with Gasteiger partial charge in [0.15, 0.2) is 0 Å². The second-order valence-electron chi connectivity index (χ2n) is 5.56. The molecule has 20 heavy (non-hydrogen) atoms. The van der Waals surface area contributed by atoms with Crippen molar-refractivity contribution < 1.29 is 4.74 Å². The molecule has 0 amide bonds. The zero-order chi connectivity index (χ0) is 14.6. The van der Waals surface area contributed by atoms with Gasteiger partial charge in [-0.1, -0.05) is 30.3 Å². The maximum absolute atomic E-state index is 5.51. The second kappa shape index (κ2) is 10.8. The smallest absolute Gasteiger partial charge is 0.0518 e. The summed E-state index contributed by atoms with van der Waals surface area (Å²) in [5, 5.41) is 3.47. The van der Waals surface area contributed by atoms with E-state index in [0.29, 0.717) is 6.10 Å². The van der Waals surface area contributed by atoms with Gasteiger partial charge in [-0.2, -0.15) is 0 Å². The van der Waals surface area contributed by atoms with Gasteiger partial charge in [0.25, 0.3) is 0 Å². The molecule has 0 bridgehead atoms. The maximum atomic E-state index is 5.51. The zero-order valence-corrected chi connectivity index (χ0v) is 13.3. The first-order chi connectivity index (χ1) is 9.68. The fourth-order valence-electron chi connectivity index (χ4n) is 1.99. The summed E-state index contributed by atoms with van der Waals surface area (Å²) >= 11 is 0. The fraction of sp³-hybridized carbons (Fsp3) is 0.647. The highest BCUT2D eigenvalue weighted by atomic mass is 16.5. The van der Waals surface area contributed by atoms with Crippen LogP contribution < -0.4 is 5.32 Å². The molecular weight excluding hydrogens is 248 g/mol. The van der Waals surface area contributed by atoms with E-state index in [-0.39, 0.29) is 0 Å². The van der Waals surface area contributed by atoms with Crippen LogP contribution in [-0.4, -0.2) is 50.8 Å². The normalized spacial score (nSPS) is 11.4. The van der Waals surface area contributed by atoms with E-state index in [9.17, 15) is 0 Å². The van der Waals surface area contributed by atoms with Crippen LogP contribution in [0.5, 0.6) is 0 Å². The number of rotatable bonds is 11. The van der Waals surface area contributed by atoms with Crippen LogP contribution in [0.25, 0.3) is 0 Å². The summed E-state index contributed by atoms with van der Waals surface area (Å²) in [6.45, 7) is 9.31. The average molecular weight is 278 g/mol. The molecule has 1 aromatic rings. The van der Waals surface area contributed by atoms with E-state index in [1.165, 1.54) is 5.56 Å². The van der Waals surface area contributed by atoms with Gasteiger partial charge >= 0.3 is 0 Å². The van der Waals surface area contributed by atoms with Crippen molar-refractivity contribution in [3.8, 4) is 0 Å². The first kappa shape index (κ1) is 17.2. The van der Waals surface area contributed by atoms with Crippen molar-refractivity contribution in [2.24, 2.45) is 0 Å². The number of nitrogens with zero attached hydrogens (tertiary/aromatic N) is 1. The van der Waals surface area contributed by atoms with Gasteiger partial charge in [0.05, 0.1) is 6.10 Å². The van der Waals surface area contributed by atoms with Crippen molar-refractivity contribution in [2.45, 2.75) is 32.8 Å². The van der Waals surface area contributed by atoms with Crippen molar-refractivity contribution in [1.29, 1.82) is 0 Å². The summed E-state index contributed by atoms with van der Waals surface area (Å²) in [6.07, 6.45) is 2.56. The fourth-order valence-corrected chi connectivity index (χ4v) is 1.99. The van der Waals surface area contributed by atoms with Crippen molar-refractivity contribution >= 4 is 0 Å². The molecule has 0 unspecified atom stereocenters. The number of hydrogen-bond acceptors (Lipinski definition) is 3. The molecule has 0 aliphatic rings. The highest BCUT2D eigenvalue weighted by Gasteiger charge is 1.99. The van der Waals surface area contributed by atoms with E-state index in [2.05, 4.69) is 61.4 Å². The highest BCUT2D eigenvalue weighted by molar-refractivity contribution is 5.14. The largest absolute Gasteiger partial charge is 0.379 e. The van der Waals surface area contributed by atoms with Crippen LogP contribution >= 0.6 is 0 Å². The van der Waals surface area contributed by atoms with E-state index in [4.69, 9.17) is 4.74 Å². The first-order valence-electron chi connectivity index (χ1n) is 7.73. The Kier molecular flexibility index (Phi) is 9.29. The molecule has 0 fully saturated rings. The van der Waals surface area contributed by atoms with Gasteiger partial charge in [-0.15, -0.1) is 0 Å².